The third-order valence-corrected chi connectivity index (χ3v) is 3.17. The molecule has 0 aliphatic heterocycles. The van der Waals surface area contributed by atoms with E-state index in [9.17, 15) is 13.2 Å². The Kier molecular flexibility index (Phi) is 3.45. The van der Waals surface area contributed by atoms with E-state index in [1.807, 2.05) is 0 Å². The topological polar surface area (TPSA) is 43.8 Å². The van der Waals surface area contributed by atoms with Gasteiger partial charge >= 0.3 is 6.18 Å². The number of alkyl halides is 3. The number of halogens is 4. The maximum Gasteiger partial charge on any atom is 0.419 e. The summed E-state index contributed by atoms with van der Waals surface area (Å²) < 4.78 is 39.2. The standard InChI is InChI=1S/C11H9BrF3N3/c12-10-3-9(2-1-7(10)4-16)18-6-8(5-17-18)11(13,14)15/h1-3,5-6H,4,16H2. The quantitative estimate of drug-likeness (QED) is 0.924. The summed E-state index contributed by atoms with van der Waals surface area (Å²) in [5, 5.41) is 3.69. The van der Waals surface area contributed by atoms with Crippen molar-refractivity contribution in [2.24, 2.45) is 5.73 Å². The van der Waals surface area contributed by atoms with Crippen molar-refractivity contribution >= 4 is 15.9 Å². The van der Waals surface area contributed by atoms with Crippen LogP contribution in [0.4, 0.5) is 13.2 Å². The molecule has 1 aromatic carbocycles. The third kappa shape index (κ3) is 2.56. The molecule has 1 aromatic heterocycles. The maximum absolute atomic E-state index is 12.4. The first kappa shape index (κ1) is 13.1. The van der Waals surface area contributed by atoms with Crippen molar-refractivity contribution in [3.05, 3.63) is 46.2 Å². The van der Waals surface area contributed by atoms with Crippen LogP contribution < -0.4 is 5.73 Å². The Hall–Kier alpha value is -1.34. The highest BCUT2D eigenvalue weighted by atomic mass is 79.9. The molecule has 2 rings (SSSR count). The lowest BCUT2D eigenvalue weighted by molar-refractivity contribution is -0.137. The van der Waals surface area contributed by atoms with Crippen LogP contribution in [0.5, 0.6) is 0 Å². The summed E-state index contributed by atoms with van der Waals surface area (Å²) in [7, 11) is 0. The predicted octanol–water partition coefficient (Wildman–Crippen LogP) is 3.11. The van der Waals surface area contributed by atoms with Crippen LogP contribution in [0.1, 0.15) is 11.1 Å². The SMILES string of the molecule is NCc1ccc(-n2cc(C(F)(F)F)cn2)cc1Br. The summed E-state index contributed by atoms with van der Waals surface area (Å²) in [4.78, 5) is 0. The summed E-state index contributed by atoms with van der Waals surface area (Å²) in [5.41, 5.74) is 6.14. The van der Waals surface area contributed by atoms with E-state index in [1.54, 1.807) is 18.2 Å². The minimum atomic E-state index is -4.38. The summed E-state index contributed by atoms with van der Waals surface area (Å²) in [6.07, 6.45) is -2.64. The van der Waals surface area contributed by atoms with Crippen molar-refractivity contribution < 1.29 is 13.2 Å². The third-order valence-electron chi connectivity index (χ3n) is 2.43. The zero-order valence-electron chi connectivity index (χ0n) is 9.08. The first-order chi connectivity index (χ1) is 8.41. The van der Waals surface area contributed by atoms with Crippen LogP contribution in [-0.4, -0.2) is 9.78 Å². The van der Waals surface area contributed by atoms with Gasteiger partial charge in [-0.15, -0.1) is 0 Å². The molecule has 96 valence electrons. The molecule has 0 radical (unpaired) electrons. The molecule has 0 fully saturated rings. The average molecular weight is 320 g/mol. The highest BCUT2D eigenvalue weighted by molar-refractivity contribution is 9.10. The summed E-state index contributed by atoms with van der Waals surface area (Å²) in [6, 6.07) is 5.09. The van der Waals surface area contributed by atoms with Gasteiger partial charge in [-0.3, -0.25) is 0 Å². The van der Waals surface area contributed by atoms with E-state index in [1.165, 1.54) is 4.68 Å². The van der Waals surface area contributed by atoms with Crippen LogP contribution in [0.25, 0.3) is 5.69 Å². The summed E-state index contributed by atoms with van der Waals surface area (Å²) >= 11 is 3.31. The average Bonchev–Trinajstić information content (AvgIpc) is 2.77. The summed E-state index contributed by atoms with van der Waals surface area (Å²) in [6.45, 7) is 0.355. The fraction of sp³-hybridized carbons (Fsp3) is 0.182. The van der Waals surface area contributed by atoms with Gasteiger partial charge in [0.1, 0.15) is 0 Å². The van der Waals surface area contributed by atoms with Crippen molar-refractivity contribution in [1.82, 2.24) is 9.78 Å². The van der Waals surface area contributed by atoms with Gasteiger partial charge < -0.3 is 5.73 Å². The number of rotatable bonds is 2. The molecule has 0 aliphatic rings. The van der Waals surface area contributed by atoms with Gasteiger partial charge in [0, 0.05) is 17.2 Å². The fourth-order valence-electron chi connectivity index (χ4n) is 1.45. The van der Waals surface area contributed by atoms with E-state index in [-0.39, 0.29) is 0 Å². The molecular weight excluding hydrogens is 311 g/mol. The van der Waals surface area contributed by atoms with Crippen LogP contribution >= 0.6 is 15.9 Å². The van der Waals surface area contributed by atoms with Gasteiger partial charge in [0.25, 0.3) is 0 Å². The second kappa shape index (κ2) is 4.74. The maximum atomic E-state index is 12.4. The first-order valence-electron chi connectivity index (χ1n) is 5.02. The number of hydrogen-bond donors (Lipinski definition) is 1. The van der Waals surface area contributed by atoms with Crippen LogP contribution in [0.3, 0.4) is 0 Å². The van der Waals surface area contributed by atoms with E-state index in [4.69, 9.17) is 5.73 Å². The Morgan fingerprint density at radius 3 is 2.56 bits per heavy atom. The molecule has 0 saturated carbocycles. The van der Waals surface area contributed by atoms with Gasteiger partial charge in [-0.25, -0.2) is 4.68 Å². The Morgan fingerprint density at radius 1 is 1.33 bits per heavy atom. The van der Waals surface area contributed by atoms with Crippen LogP contribution in [0.2, 0.25) is 0 Å². The molecule has 1 heterocycles. The largest absolute Gasteiger partial charge is 0.419 e. The Balaban J connectivity index is 2.38. The van der Waals surface area contributed by atoms with Crippen molar-refractivity contribution in [2.45, 2.75) is 12.7 Å². The van der Waals surface area contributed by atoms with Gasteiger partial charge in [-0.1, -0.05) is 22.0 Å². The lowest BCUT2D eigenvalue weighted by Crippen LogP contribution is -2.03. The Bertz CT molecular complexity index is 563. The smallest absolute Gasteiger partial charge is 0.326 e. The number of benzene rings is 1. The number of hydrogen-bond acceptors (Lipinski definition) is 2. The van der Waals surface area contributed by atoms with Crippen molar-refractivity contribution in [2.75, 3.05) is 0 Å². The highest BCUT2D eigenvalue weighted by Crippen LogP contribution is 2.29. The van der Waals surface area contributed by atoms with Crippen LogP contribution in [0.15, 0.2) is 35.1 Å². The molecule has 0 aliphatic carbocycles. The molecule has 18 heavy (non-hydrogen) atoms. The monoisotopic (exact) mass is 319 g/mol. The van der Waals surface area contributed by atoms with E-state index < -0.39 is 11.7 Å². The number of aromatic nitrogens is 2. The molecule has 0 atom stereocenters. The highest BCUT2D eigenvalue weighted by Gasteiger charge is 2.32. The van der Waals surface area contributed by atoms with E-state index >= 15 is 0 Å². The van der Waals surface area contributed by atoms with Gasteiger partial charge in [0.15, 0.2) is 0 Å². The van der Waals surface area contributed by atoms with Gasteiger partial charge in [0.05, 0.1) is 17.4 Å². The van der Waals surface area contributed by atoms with Gasteiger partial charge in [-0.05, 0) is 17.7 Å². The zero-order chi connectivity index (χ0) is 13.3. The second-order valence-corrected chi connectivity index (χ2v) is 4.51. The number of nitrogens with two attached hydrogens (primary N) is 1. The molecule has 0 unspecified atom stereocenters. The number of nitrogens with zero attached hydrogens (tertiary/aromatic N) is 2. The molecule has 3 nitrogen and oxygen atoms in total. The molecule has 0 amide bonds. The molecular formula is C11H9BrF3N3. The molecule has 7 heteroatoms. The van der Waals surface area contributed by atoms with E-state index in [2.05, 4.69) is 21.0 Å². The molecule has 2 aromatic rings. The van der Waals surface area contributed by atoms with Gasteiger partial charge in [0.2, 0.25) is 0 Å². The van der Waals surface area contributed by atoms with Gasteiger partial charge in [-0.2, -0.15) is 18.3 Å². The normalized spacial score (nSPS) is 11.8. The molecule has 0 bridgehead atoms. The molecule has 0 saturated heterocycles. The van der Waals surface area contributed by atoms with E-state index in [0.717, 1.165) is 22.4 Å². The van der Waals surface area contributed by atoms with Crippen molar-refractivity contribution in [3.8, 4) is 5.69 Å². The van der Waals surface area contributed by atoms with Crippen molar-refractivity contribution in [3.63, 3.8) is 0 Å². The van der Waals surface area contributed by atoms with Crippen LogP contribution in [0, 0.1) is 0 Å². The Labute approximate surface area is 110 Å². The lowest BCUT2D eigenvalue weighted by atomic mass is 10.2. The van der Waals surface area contributed by atoms with Crippen molar-refractivity contribution in [1.29, 1.82) is 0 Å². The molecule has 2 N–H and O–H groups in total. The molecule has 0 spiro atoms. The lowest BCUT2D eigenvalue weighted by Gasteiger charge is -2.06. The zero-order valence-corrected chi connectivity index (χ0v) is 10.7. The summed E-state index contributed by atoms with van der Waals surface area (Å²) in [5.74, 6) is 0. The van der Waals surface area contributed by atoms with Crippen LogP contribution in [-0.2, 0) is 12.7 Å². The first-order valence-corrected chi connectivity index (χ1v) is 5.82. The van der Waals surface area contributed by atoms with E-state index in [0.29, 0.717) is 12.2 Å². The Morgan fingerprint density at radius 2 is 2.06 bits per heavy atom. The minimum Gasteiger partial charge on any atom is -0.326 e. The predicted molar refractivity (Wildman–Crippen MR) is 64.2 cm³/mol. The minimum absolute atomic E-state index is 0.355. The second-order valence-electron chi connectivity index (χ2n) is 3.65. The fourth-order valence-corrected chi connectivity index (χ4v) is 1.98.